The maximum absolute atomic E-state index is 13.1. The molecule has 156 valence electrons. The molecule has 4 rings (SSSR count). The lowest BCUT2D eigenvalue weighted by molar-refractivity contribution is 0.102. The van der Waals surface area contributed by atoms with E-state index < -0.39 is 0 Å². The number of rotatable bonds is 5. The Labute approximate surface area is 186 Å². The average molecular weight is 443 g/mol. The van der Waals surface area contributed by atoms with Gasteiger partial charge in [0.05, 0.1) is 27.8 Å². The first-order valence-corrected chi connectivity index (χ1v) is 10.8. The van der Waals surface area contributed by atoms with Crippen LogP contribution < -0.4 is 10.6 Å². The number of benzene rings is 2. The van der Waals surface area contributed by atoms with Gasteiger partial charge in [-0.15, -0.1) is 0 Å². The zero-order chi connectivity index (χ0) is 21.3. The normalized spacial score (nSPS) is 13.4. The monoisotopic (exact) mass is 442 g/mol. The highest BCUT2D eigenvalue weighted by Gasteiger charge is 2.20. The number of aromatic nitrogens is 2. The van der Waals surface area contributed by atoms with Gasteiger partial charge >= 0.3 is 0 Å². The topological polar surface area (TPSA) is 59.0 Å². The molecule has 0 saturated heterocycles. The van der Waals surface area contributed by atoms with Crippen LogP contribution in [0.4, 0.5) is 5.69 Å². The molecule has 1 aromatic heterocycles. The van der Waals surface area contributed by atoms with E-state index in [1.165, 1.54) is 11.1 Å². The number of hydrogen-bond acceptors (Lipinski definition) is 3. The molecule has 5 nitrogen and oxygen atoms in total. The smallest absolute Gasteiger partial charge is 0.259 e. The standard InChI is InChI=1S/C23H24Cl2N4O/c1-14(2)22-19(13-29(28-22)12-15-3-6-20(24)21(25)9-15)23(30)27-18-5-4-17-11-26-8-7-16(17)10-18/h3-6,9-10,13-14,26H,7-8,11-12H2,1-2H3,(H,27,30). The van der Waals surface area contributed by atoms with Crippen LogP contribution in [0.25, 0.3) is 0 Å². The van der Waals surface area contributed by atoms with Gasteiger partial charge in [0.2, 0.25) is 0 Å². The van der Waals surface area contributed by atoms with Gasteiger partial charge in [-0.2, -0.15) is 5.10 Å². The Morgan fingerprint density at radius 1 is 1.17 bits per heavy atom. The van der Waals surface area contributed by atoms with Crippen molar-refractivity contribution >= 4 is 34.8 Å². The zero-order valence-electron chi connectivity index (χ0n) is 17.0. The van der Waals surface area contributed by atoms with Gasteiger partial charge in [-0.1, -0.05) is 49.2 Å². The van der Waals surface area contributed by atoms with E-state index in [2.05, 4.69) is 27.9 Å². The third-order valence-corrected chi connectivity index (χ3v) is 6.00. The number of halogens is 2. The molecule has 0 aliphatic carbocycles. The van der Waals surface area contributed by atoms with E-state index in [0.717, 1.165) is 36.5 Å². The highest BCUT2D eigenvalue weighted by molar-refractivity contribution is 6.42. The summed E-state index contributed by atoms with van der Waals surface area (Å²) < 4.78 is 1.78. The highest BCUT2D eigenvalue weighted by Crippen LogP contribution is 2.25. The van der Waals surface area contributed by atoms with Crippen molar-refractivity contribution in [1.29, 1.82) is 0 Å². The van der Waals surface area contributed by atoms with E-state index in [9.17, 15) is 4.79 Å². The van der Waals surface area contributed by atoms with E-state index >= 15 is 0 Å². The number of fused-ring (bicyclic) bond motifs is 1. The van der Waals surface area contributed by atoms with Crippen LogP contribution in [0.1, 0.15) is 52.5 Å². The zero-order valence-corrected chi connectivity index (χ0v) is 18.5. The van der Waals surface area contributed by atoms with Crippen molar-refractivity contribution in [3.05, 3.63) is 80.6 Å². The fourth-order valence-corrected chi connectivity index (χ4v) is 4.02. The summed E-state index contributed by atoms with van der Waals surface area (Å²) >= 11 is 12.1. The highest BCUT2D eigenvalue weighted by atomic mass is 35.5. The lowest BCUT2D eigenvalue weighted by Crippen LogP contribution is -2.23. The summed E-state index contributed by atoms with van der Waals surface area (Å²) in [4.78, 5) is 13.1. The predicted molar refractivity (Wildman–Crippen MR) is 122 cm³/mol. The second kappa shape index (κ2) is 8.80. The van der Waals surface area contributed by atoms with Gasteiger partial charge in [-0.05, 0) is 59.8 Å². The average Bonchev–Trinajstić information content (AvgIpc) is 3.15. The fraction of sp³-hybridized carbons (Fsp3) is 0.304. The molecule has 0 unspecified atom stereocenters. The van der Waals surface area contributed by atoms with Crippen molar-refractivity contribution in [2.24, 2.45) is 0 Å². The molecule has 2 heterocycles. The van der Waals surface area contributed by atoms with E-state index in [1.807, 2.05) is 32.0 Å². The maximum atomic E-state index is 13.1. The Balaban J connectivity index is 1.56. The van der Waals surface area contributed by atoms with Crippen molar-refractivity contribution < 1.29 is 4.79 Å². The quantitative estimate of drug-likeness (QED) is 0.566. The van der Waals surface area contributed by atoms with Crippen LogP contribution in [0, 0.1) is 0 Å². The molecule has 0 fully saturated rings. The number of hydrogen-bond donors (Lipinski definition) is 2. The summed E-state index contributed by atoms with van der Waals surface area (Å²) in [5.74, 6) is -0.0246. The number of amides is 1. The molecule has 3 aromatic rings. The summed E-state index contributed by atoms with van der Waals surface area (Å²) in [5, 5.41) is 12.1. The van der Waals surface area contributed by atoms with Crippen LogP contribution in [0.2, 0.25) is 10.0 Å². The maximum Gasteiger partial charge on any atom is 0.259 e. The van der Waals surface area contributed by atoms with Crippen LogP contribution in [0.5, 0.6) is 0 Å². The molecule has 1 aliphatic heterocycles. The minimum absolute atomic E-state index is 0.121. The molecule has 0 bridgehead atoms. The molecule has 0 radical (unpaired) electrons. The molecule has 30 heavy (non-hydrogen) atoms. The van der Waals surface area contributed by atoms with Gasteiger partial charge in [0.15, 0.2) is 0 Å². The molecular formula is C23H24Cl2N4O. The van der Waals surface area contributed by atoms with Gasteiger partial charge in [0, 0.05) is 18.4 Å². The third-order valence-electron chi connectivity index (χ3n) is 5.26. The first-order valence-electron chi connectivity index (χ1n) is 10.1. The summed E-state index contributed by atoms with van der Waals surface area (Å²) in [6.45, 7) is 6.42. The van der Waals surface area contributed by atoms with Gasteiger partial charge in [0.25, 0.3) is 5.91 Å². The van der Waals surface area contributed by atoms with Crippen LogP contribution in [0.15, 0.2) is 42.6 Å². The van der Waals surface area contributed by atoms with Crippen molar-refractivity contribution in [1.82, 2.24) is 15.1 Å². The van der Waals surface area contributed by atoms with Gasteiger partial charge in [0.1, 0.15) is 0 Å². The van der Waals surface area contributed by atoms with Gasteiger partial charge < -0.3 is 10.6 Å². The van der Waals surface area contributed by atoms with E-state index in [0.29, 0.717) is 22.2 Å². The number of carbonyl (C=O) groups excluding carboxylic acids is 1. The summed E-state index contributed by atoms with van der Waals surface area (Å²) in [6.07, 6.45) is 2.77. The van der Waals surface area contributed by atoms with Crippen molar-refractivity contribution in [2.75, 3.05) is 11.9 Å². The van der Waals surface area contributed by atoms with Crippen LogP contribution in [-0.2, 0) is 19.5 Å². The molecule has 2 aromatic carbocycles. The minimum atomic E-state index is -0.145. The number of carbonyl (C=O) groups is 1. The molecule has 0 atom stereocenters. The molecule has 2 N–H and O–H groups in total. The number of anilines is 1. The van der Waals surface area contributed by atoms with Crippen LogP contribution >= 0.6 is 23.2 Å². The molecule has 1 aliphatic rings. The Hall–Kier alpha value is -2.34. The number of nitrogens with zero attached hydrogens (tertiary/aromatic N) is 2. The van der Waals surface area contributed by atoms with Crippen molar-refractivity contribution in [3.8, 4) is 0 Å². The van der Waals surface area contributed by atoms with Gasteiger partial charge in [-0.25, -0.2) is 0 Å². The van der Waals surface area contributed by atoms with E-state index in [1.54, 1.807) is 16.9 Å². The first kappa shape index (κ1) is 20.9. The molecule has 1 amide bonds. The molecule has 7 heteroatoms. The Morgan fingerprint density at radius 3 is 2.77 bits per heavy atom. The second-order valence-corrected chi connectivity index (χ2v) is 8.71. The summed E-state index contributed by atoms with van der Waals surface area (Å²) in [7, 11) is 0. The lowest BCUT2D eigenvalue weighted by atomic mass is 10.0. The van der Waals surface area contributed by atoms with Crippen molar-refractivity contribution in [3.63, 3.8) is 0 Å². The SMILES string of the molecule is CC(C)c1nn(Cc2ccc(Cl)c(Cl)c2)cc1C(=O)Nc1ccc2c(c1)CCNC2. The Morgan fingerprint density at radius 2 is 2.00 bits per heavy atom. The molecular weight excluding hydrogens is 419 g/mol. The van der Waals surface area contributed by atoms with Crippen molar-refractivity contribution in [2.45, 2.75) is 39.3 Å². The summed E-state index contributed by atoms with van der Waals surface area (Å²) in [6, 6.07) is 11.6. The predicted octanol–water partition coefficient (Wildman–Crippen LogP) is 5.26. The Bertz CT molecular complexity index is 1090. The van der Waals surface area contributed by atoms with Gasteiger partial charge in [-0.3, -0.25) is 9.48 Å². The fourth-order valence-electron chi connectivity index (χ4n) is 3.70. The lowest BCUT2D eigenvalue weighted by Gasteiger charge is -2.18. The van der Waals surface area contributed by atoms with Crippen LogP contribution in [0.3, 0.4) is 0 Å². The number of nitrogens with one attached hydrogen (secondary N) is 2. The minimum Gasteiger partial charge on any atom is -0.322 e. The Kier molecular flexibility index (Phi) is 6.14. The third kappa shape index (κ3) is 4.53. The second-order valence-electron chi connectivity index (χ2n) is 7.89. The molecule has 0 spiro atoms. The largest absolute Gasteiger partial charge is 0.322 e. The molecule has 0 saturated carbocycles. The van der Waals surface area contributed by atoms with E-state index in [-0.39, 0.29) is 11.8 Å². The van der Waals surface area contributed by atoms with Crippen LogP contribution in [-0.4, -0.2) is 22.2 Å². The summed E-state index contributed by atoms with van der Waals surface area (Å²) in [5.41, 5.74) is 5.71. The van der Waals surface area contributed by atoms with E-state index in [4.69, 9.17) is 23.2 Å². The first-order chi connectivity index (χ1) is 14.4.